The van der Waals surface area contributed by atoms with Gasteiger partial charge in [0.05, 0.1) is 0 Å². The van der Waals surface area contributed by atoms with Gasteiger partial charge in [-0.05, 0) is 54.8 Å². The molecule has 2 nitrogen and oxygen atoms in total. The summed E-state index contributed by atoms with van der Waals surface area (Å²) in [5, 5.41) is 9.84. The van der Waals surface area contributed by atoms with E-state index in [9.17, 15) is 5.11 Å². The molecule has 2 rings (SSSR count). The second-order valence-electron chi connectivity index (χ2n) is 7.01. The van der Waals surface area contributed by atoms with Gasteiger partial charge in [0.25, 0.3) is 0 Å². The highest BCUT2D eigenvalue weighted by molar-refractivity contribution is 5.34. The molecule has 0 amide bonds. The van der Waals surface area contributed by atoms with Crippen LogP contribution in [0.15, 0.2) is 24.3 Å². The van der Waals surface area contributed by atoms with Crippen molar-refractivity contribution in [3.63, 3.8) is 0 Å². The van der Waals surface area contributed by atoms with Gasteiger partial charge in [-0.15, -0.1) is 0 Å². The smallest absolute Gasteiger partial charge is 0.115 e. The maximum atomic E-state index is 9.84. The van der Waals surface area contributed by atoms with E-state index in [1.54, 1.807) is 6.07 Å². The van der Waals surface area contributed by atoms with Crippen LogP contribution in [0.1, 0.15) is 58.9 Å². The lowest BCUT2D eigenvalue weighted by Gasteiger charge is -2.50. The SMILES string of the molecule is CCC[C@@H]1C[C@@](C)(c2cccc(O)c2)[C@@H](C)CN1CCC. The van der Waals surface area contributed by atoms with Gasteiger partial charge in [-0.3, -0.25) is 0 Å². The minimum Gasteiger partial charge on any atom is -0.508 e. The number of phenols is 1. The summed E-state index contributed by atoms with van der Waals surface area (Å²) in [6.45, 7) is 11.7. The van der Waals surface area contributed by atoms with Gasteiger partial charge >= 0.3 is 0 Å². The Balaban J connectivity index is 2.27. The summed E-state index contributed by atoms with van der Waals surface area (Å²) in [7, 11) is 0. The third-order valence-electron chi connectivity index (χ3n) is 5.41. The Kier molecular flexibility index (Phi) is 5.32. The predicted octanol–water partition coefficient (Wildman–Crippen LogP) is 4.57. The first-order valence-electron chi connectivity index (χ1n) is 8.54. The van der Waals surface area contributed by atoms with Crippen molar-refractivity contribution in [1.29, 1.82) is 0 Å². The van der Waals surface area contributed by atoms with Crippen molar-refractivity contribution in [3.8, 4) is 5.75 Å². The zero-order valence-corrected chi connectivity index (χ0v) is 14.1. The zero-order valence-electron chi connectivity index (χ0n) is 14.1. The van der Waals surface area contributed by atoms with Crippen molar-refractivity contribution in [2.75, 3.05) is 13.1 Å². The summed E-state index contributed by atoms with van der Waals surface area (Å²) in [6.07, 6.45) is 4.96. The monoisotopic (exact) mass is 289 g/mol. The molecule has 0 radical (unpaired) electrons. The maximum absolute atomic E-state index is 9.84. The topological polar surface area (TPSA) is 23.5 Å². The van der Waals surface area contributed by atoms with E-state index in [0.29, 0.717) is 17.7 Å². The van der Waals surface area contributed by atoms with Crippen molar-refractivity contribution >= 4 is 0 Å². The number of nitrogens with zero attached hydrogens (tertiary/aromatic N) is 1. The Morgan fingerprint density at radius 2 is 2.05 bits per heavy atom. The molecule has 0 aliphatic carbocycles. The molecule has 21 heavy (non-hydrogen) atoms. The number of hydrogen-bond acceptors (Lipinski definition) is 2. The van der Waals surface area contributed by atoms with Gasteiger partial charge < -0.3 is 10.0 Å². The third-order valence-corrected chi connectivity index (χ3v) is 5.41. The van der Waals surface area contributed by atoms with Crippen LogP contribution in [0.4, 0.5) is 0 Å². The normalized spacial score (nSPS) is 30.5. The summed E-state index contributed by atoms with van der Waals surface area (Å²) in [4.78, 5) is 2.69. The van der Waals surface area contributed by atoms with Crippen LogP contribution in [-0.4, -0.2) is 29.1 Å². The molecule has 0 unspecified atom stereocenters. The van der Waals surface area contributed by atoms with Crippen LogP contribution in [0.2, 0.25) is 0 Å². The van der Waals surface area contributed by atoms with Crippen LogP contribution >= 0.6 is 0 Å². The van der Waals surface area contributed by atoms with Gasteiger partial charge in [0.2, 0.25) is 0 Å². The minimum absolute atomic E-state index is 0.169. The summed E-state index contributed by atoms with van der Waals surface area (Å²) in [5.74, 6) is 1.00. The van der Waals surface area contributed by atoms with E-state index in [-0.39, 0.29) is 5.41 Å². The molecular weight excluding hydrogens is 258 g/mol. The third kappa shape index (κ3) is 3.42. The van der Waals surface area contributed by atoms with E-state index in [1.165, 1.54) is 44.3 Å². The van der Waals surface area contributed by atoms with E-state index in [2.05, 4.69) is 38.7 Å². The van der Waals surface area contributed by atoms with Crippen molar-refractivity contribution in [3.05, 3.63) is 29.8 Å². The van der Waals surface area contributed by atoms with Gasteiger partial charge in [-0.2, -0.15) is 0 Å². The Labute approximate surface area is 130 Å². The van der Waals surface area contributed by atoms with E-state index >= 15 is 0 Å². The molecule has 118 valence electrons. The van der Waals surface area contributed by atoms with E-state index in [1.807, 2.05) is 12.1 Å². The highest BCUT2D eigenvalue weighted by Crippen LogP contribution is 2.43. The molecule has 1 saturated heterocycles. The summed E-state index contributed by atoms with van der Waals surface area (Å²) in [5.41, 5.74) is 1.47. The Morgan fingerprint density at radius 1 is 1.29 bits per heavy atom. The van der Waals surface area contributed by atoms with Crippen LogP contribution in [-0.2, 0) is 5.41 Å². The summed E-state index contributed by atoms with van der Waals surface area (Å²) >= 11 is 0. The number of rotatable bonds is 5. The highest BCUT2D eigenvalue weighted by Gasteiger charge is 2.42. The lowest BCUT2D eigenvalue weighted by molar-refractivity contribution is 0.0497. The lowest BCUT2D eigenvalue weighted by atomic mass is 9.65. The number of likely N-dealkylation sites (tertiary alicyclic amines) is 1. The maximum Gasteiger partial charge on any atom is 0.115 e. The van der Waals surface area contributed by atoms with Crippen LogP contribution in [0, 0.1) is 5.92 Å². The molecule has 1 aliphatic heterocycles. The van der Waals surface area contributed by atoms with Crippen LogP contribution in [0.25, 0.3) is 0 Å². The van der Waals surface area contributed by atoms with Gasteiger partial charge in [0.1, 0.15) is 5.75 Å². The molecule has 1 fully saturated rings. The van der Waals surface area contributed by atoms with Crippen LogP contribution in [0.3, 0.4) is 0 Å². The Bertz CT molecular complexity index is 459. The molecule has 1 aromatic rings. The van der Waals surface area contributed by atoms with E-state index in [4.69, 9.17) is 0 Å². The standard InChI is InChI=1S/C19H31NO/c1-5-8-17-13-19(4,15(3)14-20(17)11-6-2)16-9-7-10-18(21)12-16/h7,9-10,12,15,17,21H,5-6,8,11,13-14H2,1-4H3/t15-,17+,19+/m0/s1. The zero-order chi connectivity index (χ0) is 15.5. The molecule has 1 aromatic carbocycles. The molecule has 3 atom stereocenters. The van der Waals surface area contributed by atoms with Gasteiger partial charge in [-0.1, -0.05) is 46.2 Å². The Morgan fingerprint density at radius 3 is 2.67 bits per heavy atom. The quantitative estimate of drug-likeness (QED) is 0.858. The number of piperidine rings is 1. The van der Waals surface area contributed by atoms with Crippen LogP contribution < -0.4 is 0 Å². The van der Waals surface area contributed by atoms with Crippen molar-refractivity contribution in [2.24, 2.45) is 5.92 Å². The largest absolute Gasteiger partial charge is 0.508 e. The second-order valence-corrected chi connectivity index (χ2v) is 7.01. The molecule has 0 aromatic heterocycles. The molecule has 0 bridgehead atoms. The first kappa shape index (κ1) is 16.4. The number of hydrogen-bond donors (Lipinski definition) is 1. The predicted molar refractivity (Wildman–Crippen MR) is 89.8 cm³/mol. The highest BCUT2D eigenvalue weighted by atomic mass is 16.3. The second kappa shape index (κ2) is 6.83. The average Bonchev–Trinajstić information content (AvgIpc) is 2.45. The van der Waals surface area contributed by atoms with Crippen LogP contribution in [0.5, 0.6) is 5.75 Å². The summed E-state index contributed by atoms with van der Waals surface area (Å²) < 4.78 is 0. The number of aromatic hydroxyl groups is 1. The first-order chi connectivity index (χ1) is 10.0. The van der Waals surface area contributed by atoms with E-state index < -0.39 is 0 Å². The van der Waals surface area contributed by atoms with Crippen molar-refractivity contribution in [1.82, 2.24) is 4.90 Å². The van der Waals surface area contributed by atoms with E-state index in [0.717, 1.165) is 0 Å². The molecule has 2 heteroatoms. The Hall–Kier alpha value is -1.02. The van der Waals surface area contributed by atoms with Gasteiger partial charge in [-0.25, -0.2) is 0 Å². The fraction of sp³-hybridized carbons (Fsp3) is 0.684. The number of phenolic OH excluding ortho intramolecular Hbond substituents is 1. The first-order valence-corrected chi connectivity index (χ1v) is 8.54. The molecule has 1 heterocycles. The average molecular weight is 289 g/mol. The van der Waals surface area contributed by atoms with Crippen molar-refractivity contribution in [2.45, 2.75) is 64.8 Å². The summed E-state index contributed by atoms with van der Waals surface area (Å²) in [6, 6.07) is 8.59. The minimum atomic E-state index is 0.169. The lowest BCUT2D eigenvalue weighted by Crippen LogP contribution is -2.52. The molecule has 0 saturated carbocycles. The fourth-order valence-corrected chi connectivity index (χ4v) is 3.96. The number of benzene rings is 1. The van der Waals surface area contributed by atoms with Gasteiger partial charge in [0.15, 0.2) is 0 Å². The fourth-order valence-electron chi connectivity index (χ4n) is 3.96. The van der Waals surface area contributed by atoms with Crippen molar-refractivity contribution < 1.29 is 5.11 Å². The molecule has 1 aliphatic rings. The molecule has 1 N–H and O–H groups in total. The molecule has 0 spiro atoms. The van der Waals surface area contributed by atoms with Gasteiger partial charge in [0, 0.05) is 12.6 Å². The molecular formula is C19H31NO.